The first kappa shape index (κ1) is 16.0. The predicted molar refractivity (Wildman–Crippen MR) is 88.8 cm³/mol. The van der Waals surface area contributed by atoms with Crippen LogP contribution in [0.4, 0.5) is 0 Å². The third kappa shape index (κ3) is 4.60. The van der Waals surface area contributed by atoms with Crippen molar-refractivity contribution in [2.45, 2.75) is 6.42 Å². The molecule has 0 fully saturated rings. The van der Waals surface area contributed by atoms with Crippen molar-refractivity contribution in [3.63, 3.8) is 0 Å². The molecule has 0 unspecified atom stereocenters. The molecule has 116 valence electrons. The molecule has 0 radical (unpaired) electrons. The van der Waals surface area contributed by atoms with Crippen molar-refractivity contribution in [3.05, 3.63) is 54.1 Å². The molecule has 2 aromatic rings. The number of hydrogen-bond acceptors (Lipinski definition) is 3. The lowest BCUT2D eigenvalue weighted by molar-refractivity contribution is -0.117. The Morgan fingerprint density at radius 1 is 1.09 bits per heavy atom. The average Bonchev–Trinajstić information content (AvgIpc) is 2.48. The van der Waals surface area contributed by atoms with E-state index in [9.17, 15) is 4.79 Å². The zero-order valence-corrected chi connectivity index (χ0v) is 13.1. The van der Waals surface area contributed by atoms with Crippen LogP contribution in [0.5, 0.6) is 5.75 Å². The Hall–Kier alpha value is -2.33. The SMILES string of the molecule is CN(C)CCOc1ccc(-c2ccccc2CC(N)=O)cc1. The molecule has 2 aromatic carbocycles. The van der Waals surface area contributed by atoms with Gasteiger partial charge in [0.1, 0.15) is 12.4 Å². The zero-order chi connectivity index (χ0) is 15.9. The van der Waals surface area contributed by atoms with Gasteiger partial charge in [0.15, 0.2) is 0 Å². The third-order valence-electron chi connectivity index (χ3n) is 3.35. The topological polar surface area (TPSA) is 55.6 Å². The quantitative estimate of drug-likeness (QED) is 0.853. The Morgan fingerprint density at radius 3 is 2.41 bits per heavy atom. The smallest absolute Gasteiger partial charge is 0.221 e. The molecule has 0 heterocycles. The highest BCUT2D eigenvalue weighted by Crippen LogP contribution is 2.26. The summed E-state index contributed by atoms with van der Waals surface area (Å²) in [5.74, 6) is 0.522. The largest absolute Gasteiger partial charge is 0.492 e. The number of ether oxygens (including phenoxy) is 1. The minimum atomic E-state index is -0.323. The standard InChI is InChI=1S/C18H22N2O2/c1-20(2)11-12-22-16-9-7-14(8-10-16)17-6-4-3-5-15(17)13-18(19)21/h3-10H,11-13H2,1-2H3,(H2,19,21). The Balaban J connectivity index is 2.12. The van der Waals surface area contributed by atoms with Crippen LogP contribution in [0.3, 0.4) is 0 Å². The summed E-state index contributed by atoms with van der Waals surface area (Å²) in [6.07, 6.45) is 0.247. The number of likely N-dealkylation sites (N-methyl/N-ethyl adjacent to an activating group) is 1. The van der Waals surface area contributed by atoms with Crippen LogP contribution in [0.15, 0.2) is 48.5 Å². The number of hydrogen-bond donors (Lipinski definition) is 1. The van der Waals surface area contributed by atoms with E-state index in [0.29, 0.717) is 6.61 Å². The molecule has 1 amide bonds. The lowest BCUT2D eigenvalue weighted by atomic mass is 9.97. The van der Waals surface area contributed by atoms with Crippen molar-refractivity contribution in [2.75, 3.05) is 27.2 Å². The van der Waals surface area contributed by atoms with Gasteiger partial charge in [0.25, 0.3) is 0 Å². The maximum Gasteiger partial charge on any atom is 0.221 e. The Kier molecular flexibility index (Phi) is 5.55. The molecular weight excluding hydrogens is 276 g/mol. The predicted octanol–water partition coefficient (Wildman–Crippen LogP) is 2.32. The monoisotopic (exact) mass is 298 g/mol. The van der Waals surface area contributed by atoms with Gasteiger partial charge in [0.2, 0.25) is 5.91 Å². The van der Waals surface area contributed by atoms with Gasteiger partial charge in [0.05, 0.1) is 6.42 Å². The third-order valence-corrected chi connectivity index (χ3v) is 3.35. The van der Waals surface area contributed by atoms with Crippen LogP contribution in [0, 0.1) is 0 Å². The van der Waals surface area contributed by atoms with Crippen LogP contribution in [0.1, 0.15) is 5.56 Å². The molecule has 0 saturated heterocycles. The Morgan fingerprint density at radius 2 is 1.77 bits per heavy atom. The summed E-state index contributed by atoms with van der Waals surface area (Å²) in [5, 5.41) is 0. The van der Waals surface area contributed by atoms with Crippen LogP contribution >= 0.6 is 0 Å². The summed E-state index contributed by atoms with van der Waals surface area (Å²) in [5.41, 5.74) is 8.33. The number of nitrogens with two attached hydrogens (primary N) is 1. The minimum Gasteiger partial charge on any atom is -0.492 e. The van der Waals surface area contributed by atoms with E-state index in [2.05, 4.69) is 4.90 Å². The fourth-order valence-corrected chi connectivity index (χ4v) is 2.22. The van der Waals surface area contributed by atoms with E-state index in [-0.39, 0.29) is 12.3 Å². The van der Waals surface area contributed by atoms with Gasteiger partial charge < -0.3 is 15.4 Å². The van der Waals surface area contributed by atoms with Gasteiger partial charge in [-0.1, -0.05) is 36.4 Å². The molecule has 22 heavy (non-hydrogen) atoms. The summed E-state index contributed by atoms with van der Waals surface area (Å²) in [6.45, 7) is 1.54. The number of benzene rings is 2. The highest BCUT2D eigenvalue weighted by molar-refractivity contribution is 5.80. The van der Waals surface area contributed by atoms with Crippen molar-refractivity contribution >= 4 is 5.91 Å². The van der Waals surface area contributed by atoms with E-state index in [1.54, 1.807) is 0 Å². The minimum absolute atomic E-state index is 0.247. The van der Waals surface area contributed by atoms with Gasteiger partial charge in [-0.2, -0.15) is 0 Å². The number of carbonyl (C=O) groups is 1. The molecule has 4 nitrogen and oxygen atoms in total. The normalized spacial score (nSPS) is 10.7. The summed E-state index contributed by atoms with van der Waals surface area (Å²) in [4.78, 5) is 13.3. The van der Waals surface area contributed by atoms with E-state index in [4.69, 9.17) is 10.5 Å². The highest BCUT2D eigenvalue weighted by atomic mass is 16.5. The van der Waals surface area contributed by atoms with Crippen LogP contribution < -0.4 is 10.5 Å². The molecule has 0 spiro atoms. The Labute approximate surface area is 131 Å². The van der Waals surface area contributed by atoms with Crippen molar-refractivity contribution in [3.8, 4) is 16.9 Å². The van der Waals surface area contributed by atoms with Gasteiger partial charge in [-0.3, -0.25) is 4.79 Å². The first-order chi connectivity index (χ1) is 10.6. The zero-order valence-electron chi connectivity index (χ0n) is 13.1. The second kappa shape index (κ2) is 7.61. The maximum atomic E-state index is 11.2. The first-order valence-corrected chi connectivity index (χ1v) is 7.30. The van der Waals surface area contributed by atoms with Crippen molar-refractivity contribution in [1.29, 1.82) is 0 Å². The van der Waals surface area contributed by atoms with Gasteiger partial charge in [-0.15, -0.1) is 0 Å². The number of nitrogens with zero attached hydrogens (tertiary/aromatic N) is 1. The van der Waals surface area contributed by atoms with Crippen molar-refractivity contribution in [1.82, 2.24) is 4.90 Å². The molecule has 0 aliphatic rings. The Bertz CT molecular complexity index is 621. The van der Waals surface area contributed by atoms with Crippen LogP contribution in [0.25, 0.3) is 11.1 Å². The van der Waals surface area contributed by atoms with E-state index in [1.165, 1.54) is 0 Å². The highest BCUT2D eigenvalue weighted by Gasteiger charge is 2.07. The first-order valence-electron chi connectivity index (χ1n) is 7.30. The average molecular weight is 298 g/mol. The summed E-state index contributed by atoms with van der Waals surface area (Å²) < 4.78 is 5.69. The van der Waals surface area contributed by atoms with Crippen LogP contribution in [-0.4, -0.2) is 38.1 Å². The fourth-order valence-electron chi connectivity index (χ4n) is 2.22. The molecule has 0 aliphatic heterocycles. The molecule has 0 aliphatic carbocycles. The lowest BCUT2D eigenvalue weighted by Crippen LogP contribution is -2.19. The molecule has 0 atom stereocenters. The van der Waals surface area contributed by atoms with E-state index in [1.807, 2.05) is 62.6 Å². The second-order valence-corrected chi connectivity index (χ2v) is 5.48. The van der Waals surface area contributed by atoms with Crippen LogP contribution in [0.2, 0.25) is 0 Å². The number of rotatable bonds is 7. The maximum absolute atomic E-state index is 11.2. The molecule has 0 bridgehead atoms. The van der Waals surface area contributed by atoms with Gasteiger partial charge >= 0.3 is 0 Å². The molecule has 2 N–H and O–H groups in total. The summed E-state index contributed by atoms with van der Waals surface area (Å²) >= 11 is 0. The van der Waals surface area contributed by atoms with E-state index >= 15 is 0 Å². The molecule has 0 aromatic heterocycles. The summed E-state index contributed by atoms with van der Waals surface area (Å²) in [6, 6.07) is 15.7. The number of carbonyl (C=O) groups excluding carboxylic acids is 1. The molecule has 2 rings (SSSR count). The van der Waals surface area contributed by atoms with Gasteiger partial charge in [0, 0.05) is 6.54 Å². The van der Waals surface area contributed by atoms with Crippen molar-refractivity contribution in [2.24, 2.45) is 5.73 Å². The summed E-state index contributed by atoms with van der Waals surface area (Å²) in [7, 11) is 4.03. The van der Waals surface area contributed by atoms with Crippen molar-refractivity contribution < 1.29 is 9.53 Å². The fraction of sp³-hybridized carbons (Fsp3) is 0.278. The molecule has 0 saturated carbocycles. The van der Waals surface area contributed by atoms with Gasteiger partial charge in [-0.25, -0.2) is 0 Å². The molecule has 4 heteroatoms. The van der Waals surface area contributed by atoms with Crippen LogP contribution in [-0.2, 0) is 11.2 Å². The lowest BCUT2D eigenvalue weighted by Gasteiger charge is -2.12. The molecular formula is C18H22N2O2. The number of primary amides is 1. The van der Waals surface area contributed by atoms with Gasteiger partial charge in [-0.05, 0) is 42.9 Å². The van der Waals surface area contributed by atoms with E-state index < -0.39 is 0 Å². The second-order valence-electron chi connectivity index (χ2n) is 5.48. The van der Waals surface area contributed by atoms with E-state index in [0.717, 1.165) is 29.0 Å². The number of amides is 1.